The molecule has 32 heavy (non-hydrogen) atoms. The minimum atomic E-state index is -4.64. The number of nitrogens with zero attached hydrogens (tertiary/aromatic N) is 3. The van der Waals surface area contributed by atoms with E-state index >= 15 is 0 Å². The minimum Gasteiger partial charge on any atom is -0.495 e. The number of aromatic nitrogens is 2. The van der Waals surface area contributed by atoms with Crippen molar-refractivity contribution in [2.75, 3.05) is 37.9 Å². The van der Waals surface area contributed by atoms with Crippen LogP contribution < -0.4 is 15.4 Å². The van der Waals surface area contributed by atoms with Gasteiger partial charge in [-0.15, -0.1) is 0 Å². The number of rotatable bonds is 5. The molecule has 1 aromatic carbocycles. The number of morpholine rings is 1. The predicted molar refractivity (Wildman–Crippen MR) is 109 cm³/mol. The van der Waals surface area contributed by atoms with E-state index in [-0.39, 0.29) is 35.2 Å². The lowest BCUT2D eigenvalue weighted by Crippen LogP contribution is -2.48. The first-order chi connectivity index (χ1) is 15.0. The van der Waals surface area contributed by atoms with Crippen molar-refractivity contribution in [3.63, 3.8) is 0 Å². The molecule has 2 heterocycles. The zero-order valence-electron chi connectivity index (χ0n) is 17.9. The van der Waals surface area contributed by atoms with Crippen LogP contribution in [-0.2, 0) is 10.9 Å². The van der Waals surface area contributed by atoms with Gasteiger partial charge in [-0.2, -0.15) is 18.2 Å². The second-order valence-corrected chi connectivity index (χ2v) is 7.33. The Morgan fingerprint density at radius 3 is 2.47 bits per heavy atom. The molecule has 3 rings (SSSR count). The third kappa shape index (κ3) is 5.01. The molecule has 2 atom stereocenters. The van der Waals surface area contributed by atoms with Crippen molar-refractivity contribution in [3.05, 3.63) is 35.3 Å². The van der Waals surface area contributed by atoms with Crippen molar-refractivity contribution in [3.8, 4) is 5.75 Å². The number of alkyl halides is 3. The number of halogens is 4. The fraction of sp³-hybridized carbons (Fsp3) is 0.450. The summed E-state index contributed by atoms with van der Waals surface area (Å²) >= 11 is 0. The van der Waals surface area contributed by atoms with E-state index in [0.717, 1.165) is 6.07 Å². The van der Waals surface area contributed by atoms with E-state index in [1.165, 1.54) is 25.1 Å². The molecule has 0 spiro atoms. The van der Waals surface area contributed by atoms with Crippen LogP contribution in [0.5, 0.6) is 5.75 Å². The second kappa shape index (κ2) is 9.15. The number of ether oxygens (including phenoxy) is 2. The first kappa shape index (κ1) is 23.5. The van der Waals surface area contributed by atoms with Gasteiger partial charge < -0.3 is 25.0 Å². The molecule has 1 saturated heterocycles. The van der Waals surface area contributed by atoms with Crippen LogP contribution in [0, 0.1) is 5.82 Å². The molecule has 0 aliphatic carbocycles. The molecular formula is C20H23F4N5O3. The zero-order valence-corrected chi connectivity index (χ0v) is 17.9. The number of hydrogen-bond donors (Lipinski definition) is 2. The highest BCUT2D eigenvalue weighted by Crippen LogP contribution is 2.35. The third-order valence-corrected chi connectivity index (χ3v) is 4.80. The molecule has 1 aliphatic heterocycles. The third-order valence-electron chi connectivity index (χ3n) is 4.80. The number of carbonyl (C=O) groups is 1. The lowest BCUT2D eigenvalue weighted by molar-refractivity contribution is -0.137. The fourth-order valence-corrected chi connectivity index (χ4v) is 3.46. The Balaban J connectivity index is 1.89. The normalized spacial score (nSPS) is 18.9. The maximum atomic E-state index is 14.9. The first-order valence-corrected chi connectivity index (χ1v) is 9.74. The maximum absolute atomic E-state index is 14.9. The summed E-state index contributed by atoms with van der Waals surface area (Å²) in [6.45, 7) is 4.28. The van der Waals surface area contributed by atoms with Gasteiger partial charge in [-0.25, -0.2) is 9.37 Å². The molecule has 0 bridgehead atoms. The van der Waals surface area contributed by atoms with E-state index in [4.69, 9.17) is 9.47 Å². The Labute approximate surface area is 181 Å². The lowest BCUT2D eigenvalue weighted by atomic mass is 10.1. The molecule has 1 aliphatic rings. The summed E-state index contributed by atoms with van der Waals surface area (Å²) in [4.78, 5) is 21.8. The highest BCUT2D eigenvalue weighted by atomic mass is 19.4. The minimum absolute atomic E-state index is 0.0482. The average Bonchev–Trinajstić information content (AvgIpc) is 2.72. The number of carbonyl (C=O) groups excluding carboxylic acids is 1. The standard InChI is InChI=1S/C20H23F4N5O3/c1-10-8-29(9-11(2)32-10)18(30)12-5-16(31-4)15(6-14(12)21)27-19-26-7-13(20(22,23)24)17(25-3)28-19/h5-7,10-11H,8-9H2,1-4H3,(H2,25,26,27,28)/t10-,11+. The van der Waals surface area contributed by atoms with Crippen molar-refractivity contribution in [2.45, 2.75) is 32.2 Å². The summed E-state index contributed by atoms with van der Waals surface area (Å²) in [5.41, 5.74) is -1.19. The molecule has 12 heteroatoms. The molecule has 1 fully saturated rings. The molecule has 0 unspecified atom stereocenters. The molecule has 174 valence electrons. The summed E-state index contributed by atoms with van der Waals surface area (Å²) in [7, 11) is 2.60. The Hall–Kier alpha value is -3.15. The van der Waals surface area contributed by atoms with Gasteiger partial charge in [0, 0.05) is 32.4 Å². The lowest BCUT2D eigenvalue weighted by Gasteiger charge is -2.35. The van der Waals surface area contributed by atoms with E-state index in [9.17, 15) is 22.4 Å². The van der Waals surface area contributed by atoms with Crippen LogP contribution in [0.4, 0.5) is 35.0 Å². The van der Waals surface area contributed by atoms with Crippen molar-refractivity contribution >= 4 is 23.4 Å². The van der Waals surface area contributed by atoms with Gasteiger partial charge in [0.25, 0.3) is 5.91 Å². The number of methoxy groups -OCH3 is 1. The zero-order chi connectivity index (χ0) is 23.6. The van der Waals surface area contributed by atoms with Crippen LogP contribution in [0.15, 0.2) is 18.3 Å². The number of hydrogen-bond acceptors (Lipinski definition) is 7. The van der Waals surface area contributed by atoms with E-state index in [1.54, 1.807) is 0 Å². The SMILES string of the molecule is CNc1nc(Nc2cc(F)c(C(=O)N3C[C@@H](C)O[C@@H](C)C3)cc2OC)ncc1C(F)(F)F. The molecule has 0 saturated carbocycles. The average molecular weight is 457 g/mol. The Kier molecular flexibility index (Phi) is 6.72. The Bertz CT molecular complexity index is 992. The number of benzene rings is 1. The smallest absolute Gasteiger partial charge is 0.421 e. The van der Waals surface area contributed by atoms with Crippen molar-refractivity contribution in [2.24, 2.45) is 0 Å². The van der Waals surface area contributed by atoms with Gasteiger partial charge in [-0.05, 0) is 19.9 Å². The highest BCUT2D eigenvalue weighted by molar-refractivity contribution is 5.96. The predicted octanol–water partition coefficient (Wildman–Crippen LogP) is 3.68. The van der Waals surface area contributed by atoms with Crippen molar-refractivity contribution in [1.29, 1.82) is 0 Å². The van der Waals surface area contributed by atoms with Crippen LogP contribution in [0.2, 0.25) is 0 Å². The second-order valence-electron chi connectivity index (χ2n) is 7.33. The molecule has 0 radical (unpaired) electrons. The van der Waals surface area contributed by atoms with Gasteiger partial charge >= 0.3 is 6.18 Å². The number of amides is 1. The van der Waals surface area contributed by atoms with Crippen LogP contribution in [0.3, 0.4) is 0 Å². The van der Waals surface area contributed by atoms with Crippen LogP contribution in [0.25, 0.3) is 0 Å². The monoisotopic (exact) mass is 457 g/mol. The molecule has 1 aromatic heterocycles. The van der Waals surface area contributed by atoms with Gasteiger partial charge in [0.1, 0.15) is 22.9 Å². The van der Waals surface area contributed by atoms with Crippen LogP contribution >= 0.6 is 0 Å². The van der Waals surface area contributed by atoms with E-state index in [2.05, 4.69) is 20.6 Å². The number of anilines is 3. The highest BCUT2D eigenvalue weighted by Gasteiger charge is 2.35. The van der Waals surface area contributed by atoms with Gasteiger partial charge in [0.05, 0.1) is 30.6 Å². The summed E-state index contributed by atoms with van der Waals surface area (Å²) in [5.74, 6) is -1.91. The van der Waals surface area contributed by atoms with Crippen molar-refractivity contribution in [1.82, 2.24) is 14.9 Å². The molecule has 2 aromatic rings. The summed E-state index contributed by atoms with van der Waals surface area (Å²) < 4.78 is 64.8. The van der Waals surface area contributed by atoms with Gasteiger partial charge in [-0.3, -0.25) is 4.79 Å². The molecule has 1 amide bonds. The summed E-state index contributed by atoms with van der Waals surface area (Å²) in [6, 6.07) is 2.24. The van der Waals surface area contributed by atoms with Crippen LogP contribution in [0.1, 0.15) is 29.8 Å². The molecule has 2 N–H and O–H groups in total. The fourth-order valence-electron chi connectivity index (χ4n) is 3.46. The van der Waals surface area contributed by atoms with Gasteiger partial charge in [0.15, 0.2) is 0 Å². The van der Waals surface area contributed by atoms with E-state index in [1.807, 2.05) is 13.8 Å². The number of nitrogens with one attached hydrogen (secondary N) is 2. The summed E-state index contributed by atoms with van der Waals surface area (Å²) in [5, 5.41) is 5.00. The Morgan fingerprint density at radius 1 is 1.25 bits per heavy atom. The molecule has 8 nitrogen and oxygen atoms in total. The van der Waals surface area contributed by atoms with Gasteiger partial charge in [-0.1, -0.05) is 0 Å². The van der Waals surface area contributed by atoms with Crippen LogP contribution in [-0.4, -0.2) is 60.2 Å². The quantitative estimate of drug-likeness (QED) is 0.663. The van der Waals surface area contributed by atoms with E-state index in [0.29, 0.717) is 19.3 Å². The Morgan fingerprint density at radius 2 is 1.91 bits per heavy atom. The largest absolute Gasteiger partial charge is 0.495 e. The first-order valence-electron chi connectivity index (χ1n) is 9.74. The van der Waals surface area contributed by atoms with Gasteiger partial charge in [0.2, 0.25) is 5.95 Å². The summed E-state index contributed by atoms with van der Waals surface area (Å²) in [6.07, 6.45) is -4.40. The maximum Gasteiger partial charge on any atom is 0.421 e. The van der Waals surface area contributed by atoms with Crippen molar-refractivity contribution < 1.29 is 31.8 Å². The molecular weight excluding hydrogens is 434 g/mol. The van der Waals surface area contributed by atoms with E-state index < -0.39 is 29.3 Å². The topological polar surface area (TPSA) is 88.6 Å².